The quantitative estimate of drug-likeness (QED) is 0.181. The van der Waals surface area contributed by atoms with E-state index in [-0.39, 0.29) is 5.82 Å². The van der Waals surface area contributed by atoms with Crippen LogP contribution in [0.1, 0.15) is 92.9 Å². The van der Waals surface area contributed by atoms with Crippen LogP contribution in [0.2, 0.25) is 0 Å². The van der Waals surface area contributed by atoms with E-state index >= 15 is 4.39 Å². The molecule has 0 radical (unpaired) electrons. The van der Waals surface area contributed by atoms with Gasteiger partial charge < -0.3 is 0 Å². The van der Waals surface area contributed by atoms with Gasteiger partial charge in [-0.3, -0.25) is 0 Å². The standard InChI is InChI=1S/C33H37F/c1-3-5-6-7-9-27-15-23-32-31(24-27)22-21-30(33(32)34)20-14-26-12-18-29(19-13-26)28-16-10-25(8-4-2)11-17-28/h4,12-13,15,18-19,21-25,28H,2-3,5-11,16-17H2,1H3. The lowest BCUT2D eigenvalue weighted by Gasteiger charge is -2.28. The van der Waals surface area contributed by atoms with Crippen LogP contribution in [0.4, 0.5) is 4.39 Å². The largest absolute Gasteiger partial charge is 0.205 e. The zero-order valence-electron chi connectivity index (χ0n) is 20.6. The van der Waals surface area contributed by atoms with E-state index in [2.05, 4.69) is 67.8 Å². The fourth-order valence-corrected chi connectivity index (χ4v) is 5.29. The van der Waals surface area contributed by atoms with Crippen molar-refractivity contribution in [2.45, 2.75) is 77.0 Å². The smallest absolute Gasteiger partial charge is 0.146 e. The molecule has 0 aromatic heterocycles. The lowest BCUT2D eigenvalue weighted by Crippen LogP contribution is -2.12. The molecule has 34 heavy (non-hydrogen) atoms. The lowest BCUT2D eigenvalue weighted by molar-refractivity contribution is 0.328. The Balaban J connectivity index is 1.42. The monoisotopic (exact) mass is 452 g/mol. The second-order valence-electron chi connectivity index (χ2n) is 9.91. The van der Waals surface area contributed by atoms with Crippen LogP contribution in [0.15, 0.2) is 67.3 Å². The van der Waals surface area contributed by atoms with Crippen LogP contribution in [-0.4, -0.2) is 0 Å². The molecule has 0 aliphatic heterocycles. The molecule has 0 unspecified atom stereocenters. The van der Waals surface area contributed by atoms with Crippen molar-refractivity contribution < 1.29 is 4.39 Å². The average molecular weight is 453 g/mol. The van der Waals surface area contributed by atoms with Crippen LogP contribution in [0.25, 0.3) is 10.8 Å². The van der Waals surface area contributed by atoms with Crippen LogP contribution in [0, 0.1) is 23.6 Å². The van der Waals surface area contributed by atoms with Gasteiger partial charge in [0.25, 0.3) is 0 Å². The summed E-state index contributed by atoms with van der Waals surface area (Å²) in [6.45, 7) is 6.11. The second kappa shape index (κ2) is 12.0. The summed E-state index contributed by atoms with van der Waals surface area (Å²) < 4.78 is 15.1. The Morgan fingerprint density at radius 1 is 0.912 bits per heavy atom. The zero-order chi connectivity index (χ0) is 23.8. The topological polar surface area (TPSA) is 0 Å². The molecule has 0 spiro atoms. The van der Waals surface area contributed by atoms with Gasteiger partial charge in [0.1, 0.15) is 5.82 Å². The minimum absolute atomic E-state index is 0.213. The minimum atomic E-state index is -0.213. The Kier molecular flexibility index (Phi) is 8.59. The molecule has 0 heterocycles. The highest BCUT2D eigenvalue weighted by Gasteiger charge is 2.21. The summed E-state index contributed by atoms with van der Waals surface area (Å²) in [5.41, 5.74) is 4.10. The van der Waals surface area contributed by atoms with Gasteiger partial charge in [-0.2, -0.15) is 0 Å². The fourth-order valence-electron chi connectivity index (χ4n) is 5.29. The van der Waals surface area contributed by atoms with Crippen molar-refractivity contribution >= 4 is 10.8 Å². The molecule has 1 aliphatic carbocycles. The van der Waals surface area contributed by atoms with Crippen molar-refractivity contribution in [3.8, 4) is 11.8 Å². The maximum atomic E-state index is 15.1. The summed E-state index contributed by atoms with van der Waals surface area (Å²) >= 11 is 0. The van der Waals surface area contributed by atoms with E-state index < -0.39 is 0 Å². The number of hydrogen-bond donors (Lipinski definition) is 0. The van der Waals surface area contributed by atoms with E-state index in [0.717, 1.165) is 29.7 Å². The number of hydrogen-bond acceptors (Lipinski definition) is 0. The molecule has 0 nitrogen and oxygen atoms in total. The van der Waals surface area contributed by atoms with Crippen LogP contribution >= 0.6 is 0 Å². The molecule has 0 amide bonds. The van der Waals surface area contributed by atoms with Crippen molar-refractivity contribution in [1.29, 1.82) is 0 Å². The van der Waals surface area contributed by atoms with Crippen molar-refractivity contribution in [2.24, 2.45) is 5.92 Å². The van der Waals surface area contributed by atoms with Gasteiger partial charge in [0.05, 0.1) is 5.56 Å². The highest BCUT2D eigenvalue weighted by Crippen LogP contribution is 2.37. The van der Waals surface area contributed by atoms with Crippen LogP contribution in [0.3, 0.4) is 0 Å². The molecule has 1 fully saturated rings. The maximum Gasteiger partial charge on any atom is 0.146 e. The molecule has 0 N–H and O–H groups in total. The third-order valence-electron chi connectivity index (χ3n) is 7.41. The first-order valence-electron chi connectivity index (χ1n) is 13.1. The highest BCUT2D eigenvalue weighted by molar-refractivity contribution is 5.85. The van der Waals surface area contributed by atoms with Gasteiger partial charge in [0, 0.05) is 10.9 Å². The van der Waals surface area contributed by atoms with E-state index in [4.69, 9.17) is 0 Å². The van der Waals surface area contributed by atoms with Crippen molar-refractivity contribution in [2.75, 3.05) is 0 Å². The Hall–Kier alpha value is -2.85. The van der Waals surface area contributed by atoms with Crippen molar-refractivity contribution in [1.82, 2.24) is 0 Å². The number of aryl methyl sites for hydroxylation is 1. The number of rotatable bonds is 8. The molecule has 1 aliphatic rings. The molecule has 3 aromatic rings. The van der Waals surface area contributed by atoms with E-state index in [0.29, 0.717) is 16.9 Å². The summed E-state index contributed by atoms with van der Waals surface area (Å²) in [7, 11) is 0. The molecule has 176 valence electrons. The van der Waals surface area contributed by atoms with Gasteiger partial charge in [-0.05, 0) is 91.5 Å². The SMILES string of the molecule is C=CCC1CCC(c2ccc(C#Cc3ccc4cc(CCCCCC)ccc4c3F)cc2)CC1. The molecule has 3 aromatic carbocycles. The Morgan fingerprint density at radius 2 is 1.71 bits per heavy atom. The van der Waals surface area contributed by atoms with E-state index in [1.54, 1.807) is 0 Å². The van der Waals surface area contributed by atoms with Gasteiger partial charge in [0.2, 0.25) is 0 Å². The third-order valence-corrected chi connectivity index (χ3v) is 7.41. The first kappa shape index (κ1) is 24.3. The summed E-state index contributed by atoms with van der Waals surface area (Å²) in [4.78, 5) is 0. The summed E-state index contributed by atoms with van der Waals surface area (Å²) in [6.07, 6.45) is 14.3. The predicted octanol–water partition coefficient (Wildman–Crippen LogP) is 9.35. The van der Waals surface area contributed by atoms with Gasteiger partial charge >= 0.3 is 0 Å². The number of fused-ring (bicyclic) bond motifs is 1. The van der Waals surface area contributed by atoms with Crippen LogP contribution < -0.4 is 0 Å². The van der Waals surface area contributed by atoms with Gasteiger partial charge in [0.15, 0.2) is 0 Å². The average Bonchev–Trinajstić information content (AvgIpc) is 2.87. The van der Waals surface area contributed by atoms with Crippen molar-refractivity contribution in [3.05, 3.63) is 95.3 Å². The Morgan fingerprint density at radius 3 is 2.44 bits per heavy atom. The minimum Gasteiger partial charge on any atom is -0.205 e. The lowest BCUT2D eigenvalue weighted by atomic mass is 9.77. The first-order valence-corrected chi connectivity index (χ1v) is 13.1. The molecule has 4 rings (SSSR count). The zero-order valence-corrected chi connectivity index (χ0v) is 20.6. The Labute approximate surface area is 205 Å². The molecular weight excluding hydrogens is 415 g/mol. The third kappa shape index (κ3) is 6.18. The predicted molar refractivity (Wildman–Crippen MR) is 144 cm³/mol. The Bertz CT molecular complexity index is 1150. The fraction of sp³-hybridized carbons (Fsp3) is 0.394. The van der Waals surface area contributed by atoms with Gasteiger partial charge in [-0.25, -0.2) is 4.39 Å². The number of unbranched alkanes of at least 4 members (excludes halogenated alkanes) is 3. The number of halogens is 1. The van der Waals surface area contributed by atoms with E-state index in [1.165, 1.54) is 62.5 Å². The molecule has 1 heteroatoms. The molecule has 0 atom stereocenters. The van der Waals surface area contributed by atoms with Crippen LogP contribution in [-0.2, 0) is 6.42 Å². The number of allylic oxidation sites excluding steroid dienone is 1. The molecular formula is C33H37F. The van der Waals surface area contributed by atoms with E-state index in [1.807, 2.05) is 18.2 Å². The summed E-state index contributed by atoms with van der Waals surface area (Å²) in [5, 5.41) is 1.62. The molecule has 0 saturated heterocycles. The second-order valence-corrected chi connectivity index (χ2v) is 9.91. The summed E-state index contributed by atoms with van der Waals surface area (Å²) in [6, 6.07) is 18.5. The molecule has 0 bridgehead atoms. The number of benzene rings is 3. The normalized spacial score (nSPS) is 17.8. The molecule has 1 saturated carbocycles. The van der Waals surface area contributed by atoms with E-state index in [9.17, 15) is 0 Å². The highest BCUT2D eigenvalue weighted by atomic mass is 19.1. The van der Waals surface area contributed by atoms with Crippen LogP contribution in [0.5, 0.6) is 0 Å². The van der Waals surface area contributed by atoms with Crippen molar-refractivity contribution in [3.63, 3.8) is 0 Å². The summed E-state index contributed by atoms with van der Waals surface area (Å²) in [5.74, 6) is 7.49. The maximum absolute atomic E-state index is 15.1. The van der Waals surface area contributed by atoms with Gasteiger partial charge in [-0.1, -0.05) is 80.5 Å². The first-order chi connectivity index (χ1) is 16.7. The van der Waals surface area contributed by atoms with Gasteiger partial charge in [-0.15, -0.1) is 6.58 Å².